The highest BCUT2D eigenvalue weighted by molar-refractivity contribution is 14.1. The molecule has 2 heterocycles. The van der Waals surface area contributed by atoms with E-state index in [-0.39, 0.29) is 0 Å². The zero-order chi connectivity index (χ0) is 12.4. The third-order valence-electron chi connectivity index (χ3n) is 3.31. The van der Waals surface area contributed by atoms with Gasteiger partial charge >= 0.3 is 0 Å². The second-order valence-electron chi connectivity index (χ2n) is 4.62. The monoisotopic (exact) mass is 370 g/mol. The largest absolute Gasteiger partial charge is 0.316 e. The fourth-order valence-corrected chi connectivity index (χ4v) is 3.62. The predicted molar refractivity (Wildman–Crippen MR) is 85.1 cm³/mol. The Bertz CT molecular complexity index is 515. The molecular formula is C14H15IN2S. The van der Waals surface area contributed by atoms with Gasteiger partial charge in [-0.15, -0.1) is 11.3 Å². The molecule has 2 aromatic rings. The quantitative estimate of drug-likeness (QED) is 0.812. The summed E-state index contributed by atoms with van der Waals surface area (Å²) in [5.41, 5.74) is 2.35. The Morgan fingerprint density at radius 2 is 2.11 bits per heavy atom. The van der Waals surface area contributed by atoms with Gasteiger partial charge in [0.25, 0.3) is 0 Å². The van der Waals surface area contributed by atoms with Crippen molar-refractivity contribution in [2.45, 2.75) is 18.8 Å². The first-order valence-corrected chi connectivity index (χ1v) is 8.21. The minimum atomic E-state index is 0.612. The van der Waals surface area contributed by atoms with Crippen LogP contribution < -0.4 is 5.32 Å². The molecule has 3 rings (SSSR count). The summed E-state index contributed by atoms with van der Waals surface area (Å²) in [6, 6.07) is 8.58. The standard InChI is InChI=1S/C14H15IN2S/c15-12-5-3-10(4-6-12)13-9-18-14(17-13)11-2-1-7-16-8-11/h3-6,9,11,16H,1-2,7-8H2. The van der Waals surface area contributed by atoms with E-state index in [0.717, 1.165) is 18.8 Å². The molecule has 1 aliphatic heterocycles. The van der Waals surface area contributed by atoms with Crippen LogP contribution in [0.2, 0.25) is 0 Å². The summed E-state index contributed by atoms with van der Waals surface area (Å²) in [4.78, 5) is 4.81. The SMILES string of the molecule is Ic1ccc(-c2csc(C3CCCNC3)n2)cc1. The molecule has 1 fully saturated rings. The van der Waals surface area contributed by atoms with Gasteiger partial charge in [-0.25, -0.2) is 4.98 Å². The molecule has 0 aliphatic carbocycles. The van der Waals surface area contributed by atoms with Crippen LogP contribution in [0.5, 0.6) is 0 Å². The summed E-state index contributed by atoms with van der Waals surface area (Å²) in [6.45, 7) is 2.24. The summed E-state index contributed by atoms with van der Waals surface area (Å²) in [6.07, 6.45) is 2.54. The normalized spacial score (nSPS) is 19.9. The first-order valence-electron chi connectivity index (χ1n) is 6.25. The molecular weight excluding hydrogens is 355 g/mol. The fourth-order valence-electron chi connectivity index (χ4n) is 2.29. The number of hydrogen-bond acceptors (Lipinski definition) is 3. The highest BCUT2D eigenvalue weighted by Gasteiger charge is 2.18. The number of rotatable bonds is 2. The fraction of sp³-hybridized carbons (Fsp3) is 0.357. The van der Waals surface area contributed by atoms with Gasteiger partial charge in [-0.2, -0.15) is 0 Å². The third-order valence-corrected chi connectivity index (χ3v) is 5.03. The Balaban J connectivity index is 1.82. The summed E-state index contributed by atoms with van der Waals surface area (Å²) in [7, 11) is 0. The lowest BCUT2D eigenvalue weighted by Crippen LogP contribution is -2.28. The highest BCUT2D eigenvalue weighted by Crippen LogP contribution is 2.30. The first kappa shape index (κ1) is 12.6. The molecule has 2 nitrogen and oxygen atoms in total. The number of aromatic nitrogens is 1. The molecule has 1 aliphatic rings. The van der Waals surface area contributed by atoms with E-state index in [1.54, 1.807) is 11.3 Å². The van der Waals surface area contributed by atoms with Crippen LogP contribution >= 0.6 is 33.9 Å². The van der Waals surface area contributed by atoms with E-state index < -0.39 is 0 Å². The number of thiazole rings is 1. The van der Waals surface area contributed by atoms with E-state index in [2.05, 4.69) is 57.6 Å². The first-order chi connectivity index (χ1) is 8.83. The Morgan fingerprint density at radius 1 is 1.28 bits per heavy atom. The van der Waals surface area contributed by atoms with Crippen molar-refractivity contribution in [3.05, 3.63) is 38.2 Å². The van der Waals surface area contributed by atoms with Crippen molar-refractivity contribution in [2.24, 2.45) is 0 Å². The number of hydrogen-bond donors (Lipinski definition) is 1. The molecule has 0 saturated carbocycles. The lowest BCUT2D eigenvalue weighted by molar-refractivity contribution is 0.460. The molecule has 0 amide bonds. The smallest absolute Gasteiger partial charge is 0.0976 e. The lowest BCUT2D eigenvalue weighted by atomic mass is 10.0. The number of nitrogens with one attached hydrogen (secondary N) is 1. The maximum atomic E-state index is 4.81. The van der Waals surface area contributed by atoms with Crippen LogP contribution in [0.1, 0.15) is 23.8 Å². The average molecular weight is 370 g/mol. The summed E-state index contributed by atoms with van der Waals surface area (Å²) in [5.74, 6) is 0.612. The van der Waals surface area contributed by atoms with Crippen molar-refractivity contribution in [2.75, 3.05) is 13.1 Å². The minimum absolute atomic E-state index is 0.612. The van der Waals surface area contributed by atoms with Gasteiger partial charge in [0, 0.05) is 27.0 Å². The zero-order valence-electron chi connectivity index (χ0n) is 10.0. The second kappa shape index (κ2) is 5.67. The molecule has 94 valence electrons. The molecule has 1 unspecified atom stereocenters. The Labute approximate surface area is 125 Å². The Hall–Kier alpha value is -0.460. The van der Waals surface area contributed by atoms with Gasteiger partial charge in [-0.3, -0.25) is 0 Å². The highest BCUT2D eigenvalue weighted by atomic mass is 127. The van der Waals surface area contributed by atoms with E-state index in [4.69, 9.17) is 4.98 Å². The molecule has 0 bridgehead atoms. The van der Waals surface area contributed by atoms with Crippen LogP contribution in [0.25, 0.3) is 11.3 Å². The zero-order valence-corrected chi connectivity index (χ0v) is 13.0. The van der Waals surface area contributed by atoms with Gasteiger partial charge in [0.15, 0.2) is 0 Å². The predicted octanol–water partition coefficient (Wildman–Crippen LogP) is 3.88. The van der Waals surface area contributed by atoms with E-state index in [9.17, 15) is 0 Å². The summed E-state index contributed by atoms with van der Waals surface area (Å²) < 4.78 is 1.27. The van der Waals surface area contributed by atoms with E-state index in [1.807, 2.05) is 0 Å². The van der Waals surface area contributed by atoms with Crippen LogP contribution in [-0.4, -0.2) is 18.1 Å². The Morgan fingerprint density at radius 3 is 2.83 bits per heavy atom. The van der Waals surface area contributed by atoms with Crippen molar-refractivity contribution in [3.63, 3.8) is 0 Å². The molecule has 1 aromatic carbocycles. The van der Waals surface area contributed by atoms with Gasteiger partial charge in [0.1, 0.15) is 0 Å². The van der Waals surface area contributed by atoms with E-state index in [0.29, 0.717) is 5.92 Å². The number of halogens is 1. The van der Waals surface area contributed by atoms with Crippen molar-refractivity contribution in [1.82, 2.24) is 10.3 Å². The van der Waals surface area contributed by atoms with E-state index >= 15 is 0 Å². The molecule has 1 N–H and O–H groups in total. The third kappa shape index (κ3) is 2.75. The topological polar surface area (TPSA) is 24.9 Å². The van der Waals surface area contributed by atoms with Gasteiger partial charge in [0.2, 0.25) is 0 Å². The molecule has 1 saturated heterocycles. The van der Waals surface area contributed by atoms with Gasteiger partial charge < -0.3 is 5.32 Å². The minimum Gasteiger partial charge on any atom is -0.316 e. The molecule has 1 atom stereocenters. The van der Waals surface area contributed by atoms with Crippen LogP contribution in [0.3, 0.4) is 0 Å². The van der Waals surface area contributed by atoms with Gasteiger partial charge in [-0.1, -0.05) is 12.1 Å². The second-order valence-corrected chi connectivity index (χ2v) is 6.76. The van der Waals surface area contributed by atoms with Crippen molar-refractivity contribution < 1.29 is 0 Å². The summed E-state index contributed by atoms with van der Waals surface area (Å²) >= 11 is 4.13. The number of nitrogens with zero attached hydrogens (tertiary/aromatic N) is 1. The van der Waals surface area contributed by atoms with Crippen molar-refractivity contribution in [3.8, 4) is 11.3 Å². The van der Waals surface area contributed by atoms with Crippen LogP contribution in [0.15, 0.2) is 29.6 Å². The molecule has 0 spiro atoms. The molecule has 1 aromatic heterocycles. The summed E-state index contributed by atoms with van der Waals surface area (Å²) in [5, 5.41) is 6.93. The average Bonchev–Trinajstić information content (AvgIpc) is 2.90. The van der Waals surface area contributed by atoms with Crippen molar-refractivity contribution in [1.29, 1.82) is 0 Å². The molecule has 0 radical (unpaired) electrons. The lowest BCUT2D eigenvalue weighted by Gasteiger charge is -2.20. The van der Waals surface area contributed by atoms with Gasteiger partial charge in [-0.05, 0) is 54.1 Å². The molecule has 18 heavy (non-hydrogen) atoms. The maximum Gasteiger partial charge on any atom is 0.0976 e. The molecule has 4 heteroatoms. The van der Waals surface area contributed by atoms with Crippen LogP contribution in [0.4, 0.5) is 0 Å². The van der Waals surface area contributed by atoms with Crippen LogP contribution in [-0.2, 0) is 0 Å². The van der Waals surface area contributed by atoms with E-state index in [1.165, 1.54) is 27.0 Å². The maximum absolute atomic E-state index is 4.81. The van der Waals surface area contributed by atoms with Crippen LogP contribution in [0, 0.1) is 3.57 Å². The van der Waals surface area contributed by atoms with Gasteiger partial charge in [0.05, 0.1) is 10.7 Å². The number of benzene rings is 1. The Kier molecular flexibility index (Phi) is 3.96. The van der Waals surface area contributed by atoms with Crippen molar-refractivity contribution >= 4 is 33.9 Å². The number of piperidine rings is 1.